The maximum Gasteiger partial charge on any atom is 0.338 e. The van der Waals surface area contributed by atoms with Crippen molar-refractivity contribution in [3.63, 3.8) is 0 Å². The minimum Gasteiger partial charge on any atom is -0.459 e. The van der Waals surface area contributed by atoms with Gasteiger partial charge in [-0.05, 0) is 44.0 Å². The Kier molecular flexibility index (Phi) is 5.69. The topological polar surface area (TPSA) is 38.3 Å². The lowest BCUT2D eigenvalue weighted by molar-refractivity contribution is 0.0378. The zero-order chi connectivity index (χ0) is 13.5. The summed E-state index contributed by atoms with van der Waals surface area (Å²) in [5, 5.41) is 3.35. The summed E-state index contributed by atoms with van der Waals surface area (Å²) in [5.74, 6) is 0.383. The minimum absolute atomic E-state index is 0.0827. The molecule has 0 saturated carbocycles. The fourth-order valence-corrected chi connectivity index (χ4v) is 1.44. The first-order valence-corrected chi connectivity index (χ1v) is 6.57. The van der Waals surface area contributed by atoms with Gasteiger partial charge in [-0.3, -0.25) is 0 Å². The first kappa shape index (κ1) is 14.6. The molecule has 18 heavy (non-hydrogen) atoms. The molecule has 0 aliphatic carbocycles. The number of benzene rings is 1. The third-order valence-electron chi connectivity index (χ3n) is 2.81. The average Bonchev–Trinajstić information content (AvgIpc) is 2.35. The van der Waals surface area contributed by atoms with Gasteiger partial charge in [-0.2, -0.15) is 0 Å². The van der Waals surface area contributed by atoms with Gasteiger partial charge in [0.1, 0.15) is 0 Å². The van der Waals surface area contributed by atoms with Crippen LogP contribution in [0.2, 0.25) is 0 Å². The number of carbonyl (C=O) groups is 1. The molecule has 1 rings (SSSR count). The van der Waals surface area contributed by atoms with Gasteiger partial charge < -0.3 is 10.1 Å². The highest BCUT2D eigenvalue weighted by atomic mass is 16.5. The second kappa shape index (κ2) is 7.04. The third kappa shape index (κ3) is 4.78. The van der Waals surface area contributed by atoms with Gasteiger partial charge in [0.2, 0.25) is 0 Å². The second-order valence-corrected chi connectivity index (χ2v) is 4.93. The molecule has 100 valence electrons. The van der Waals surface area contributed by atoms with Crippen molar-refractivity contribution in [1.29, 1.82) is 0 Å². The number of esters is 1. The van der Waals surface area contributed by atoms with E-state index in [2.05, 4.69) is 19.2 Å². The molecule has 3 nitrogen and oxygen atoms in total. The van der Waals surface area contributed by atoms with E-state index in [9.17, 15) is 4.79 Å². The second-order valence-electron chi connectivity index (χ2n) is 4.93. The normalized spacial score (nSPS) is 12.3. The van der Waals surface area contributed by atoms with Crippen LogP contribution in [0, 0.1) is 5.92 Å². The summed E-state index contributed by atoms with van der Waals surface area (Å²) < 4.78 is 5.13. The monoisotopic (exact) mass is 249 g/mol. The Morgan fingerprint density at radius 2 is 1.83 bits per heavy atom. The van der Waals surface area contributed by atoms with Gasteiger partial charge in [-0.15, -0.1) is 0 Å². The van der Waals surface area contributed by atoms with Crippen LogP contribution in [0.15, 0.2) is 24.3 Å². The lowest BCUT2D eigenvalue weighted by atomic mass is 10.1. The SMILES string of the molecule is CCC(C)CNc1ccc(C(=O)OC(C)C)cc1. The van der Waals surface area contributed by atoms with E-state index in [-0.39, 0.29) is 12.1 Å². The summed E-state index contributed by atoms with van der Waals surface area (Å²) in [6.45, 7) is 9.03. The van der Waals surface area contributed by atoms with Gasteiger partial charge in [0, 0.05) is 12.2 Å². The number of carbonyl (C=O) groups excluding carboxylic acids is 1. The Labute approximate surface area is 110 Å². The summed E-state index contributed by atoms with van der Waals surface area (Å²) in [6, 6.07) is 7.42. The zero-order valence-electron chi connectivity index (χ0n) is 11.7. The Hall–Kier alpha value is -1.51. The molecule has 0 amide bonds. The van der Waals surface area contributed by atoms with E-state index in [4.69, 9.17) is 4.74 Å². The molecular formula is C15H23NO2. The molecule has 1 aromatic rings. The molecule has 0 heterocycles. The first-order valence-electron chi connectivity index (χ1n) is 6.57. The highest BCUT2D eigenvalue weighted by molar-refractivity contribution is 5.89. The smallest absolute Gasteiger partial charge is 0.338 e. The van der Waals surface area contributed by atoms with Gasteiger partial charge in [0.25, 0.3) is 0 Å². The van der Waals surface area contributed by atoms with Gasteiger partial charge in [0.15, 0.2) is 0 Å². The molecule has 0 bridgehead atoms. The van der Waals surface area contributed by atoms with Crippen molar-refractivity contribution in [2.75, 3.05) is 11.9 Å². The molecule has 1 atom stereocenters. The van der Waals surface area contributed by atoms with E-state index in [0.717, 1.165) is 18.7 Å². The van der Waals surface area contributed by atoms with Crippen LogP contribution in [0.1, 0.15) is 44.5 Å². The lowest BCUT2D eigenvalue weighted by Crippen LogP contribution is -2.12. The van der Waals surface area contributed by atoms with Crippen LogP contribution in [0.3, 0.4) is 0 Å². The highest BCUT2D eigenvalue weighted by Crippen LogP contribution is 2.12. The Bertz CT molecular complexity index is 371. The fourth-order valence-electron chi connectivity index (χ4n) is 1.44. The highest BCUT2D eigenvalue weighted by Gasteiger charge is 2.08. The molecule has 1 aromatic carbocycles. The Balaban J connectivity index is 2.54. The molecule has 0 spiro atoms. The van der Waals surface area contributed by atoms with E-state index >= 15 is 0 Å². The predicted molar refractivity (Wildman–Crippen MR) is 74.9 cm³/mol. The first-order chi connectivity index (χ1) is 8.52. The predicted octanol–water partition coefficient (Wildman–Crippen LogP) is 3.71. The van der Waals surface area contributed by atoms with Crippen LogP contribution in [0.25, 0.3) is 0 Å². The fraction of sp³-hybridized carbons (Fsp3) is 0.533. The summed E-state index contributed by atoms with van der Waals surface area (Å²) >= 11 is 0. The van der Waals surface area contributed by atoms with Crippen LogP contribution in [0.5, 0.6) is 0 Å². The van der Waals surface area contributed by atoms with Crippen LogP contribution < -0.4 is 5.32 Å². The van der Waals surface area contributed by atoms with E-state index in [1.807, 2.05) is 26.0 Å². The standard InChI is InChI=1S/C15H23NO2/c1-5-12(4)10-16-14-8-6-13(7-9-14)15(17)18-11(2)3/h6-9,11-12,16H,5,10H2,1-4H3. The van der Waals surface area contributed by atoms with Crippen molar-refractivity contribution in [3.8, 4) is 0 Å². The van der Waals surface area contributed by atoms with Crippen molar-refractivity contribution in [2.24, 2.45) is 5.92 Å². The molecular weight excluding hydrogens is 226 g/mol. The lowest BCUT2D eigenvalue weighted by Gasteiger charge is -2.12. The Morgan fingerprint density at radius 3 is 2.33 bits per heavy atom. The summed E-state index contributed by atoms with van der Waals surface area (Å²) in [6.07, 6.45) is 1.08. The van der Waals surface area contributed by atoms with Crippen LogP contribution >= 0.6 is 0 Å². The number of ether oxygens (including phenoxy) is 1. The van der Waals surface area contributed by atoms with Crippen LogP contribution in [0.4, 0.5) is 5.69 Å². The van der Waals surface area contributed by atoms with Gasteiger partial charge >= 0.3 is 5.97 Å². The largest absolute Gasteiger partial charge is 0.459 e. The maximum atomic E-state index is 11.6. The zero-order valence-corrected chi connectivity index (χ0v) is 11.7. The van der Waals surface area contributed by atoms with Crippen molar-refractivity contribution >= 4 is 11.7 Å². The molecule has 0 saturated heterocycles. The quantitative estimate of drug-likeness (QED) is 0.781. The van der Waals surface area contributed by atoms with Gasteiger partial charge in [-0.1, -0.05) is 20.3 Å². The number of rotatable bonds is 6. The van der Waals surface area contributed by atoms with Crippen molar-refractivity contribution in [1.82, 2.24) is 0 Å². The van der Waals surface area contributed by atoms with Gasteiger partial charge in [0.05, 0.1) is 11.7 Å². The van der Waals surface area contributed by atoms with Gasteiger partial charge in [-0.25, -0.2) is 4.79 Å². The number of hydrogen-bond acceptors (Lipinski definition) is 3. The molecule has 0 fully saturated rings. The van der Waals surface area contributed by atoms with Crippen molar-refractivity contribution in [3.05, 3.63) is 29.8 Å². The number of anilines is 1. The summed E-state index contributed by atoms with van der Waals surface area (Å²) in [4.78, 5) is 11.6. The van der Waals surface area contributed by atoms with Crippen molar-refractivity contribution < 1.29 is 9.53 Å². The number of nitrogens with one attached hydrogen (secondary N) is 1. The molecule has 0 aromatic heterocycles. The van der Waals surface area contributed by atoms with Crippen LogP contribution in [-0.2, 0) is 4.74 Å². The third-order valence-corrected chi connectivity index (χ3v) is 2.81. The minimum atomic E-state index is -0.265. The molecule has 3 heteroatoms. The van der Waals surface area contributed by atoms with E-state index in [1.165, 1.54) is 0 Å². The van der Waals surface area contributed by atoms with E-state index in [1.54, 1.807) is 12.1 Å². The summed E-state index contributed by atoms with van der Waals surface area (Å²) in [5.41, 5.74) is 1.63. The van der Waals surface area contributed by atoms with E-state index in [0.29, 0.717) is 11.5 Å². The van der Waals surface area contributed by atoms with E-state index < -0.39 is 0 Å². The average molecular weight is 249 g/mol. The van der Waals surface area contributed by atoms with Crippen molar-refractivity contribution in [2.45, 2.75) is 40.2 Å². The maximum absolute atomic E-state index is 11.6. The van der Waals surface area contributed by atoms with Crippen LogP contribution in [-0.4, -0.2) is 18.6 Å². The molecule has 0 aliphatic heterocycles. The number of hydrogen-bond donors (Lipinski definition) is 1. The molecule has 1 N–H and O–H groups in total. The molecule has 1 unspecified atom stereocenters. The summed E-state index contributed by atoms with van der Waals surface area (Å²) in [7, 11) is 0. The molecule has 0 radical (unpaired) electrons. The molecule has 0 aliphatic rings. The Morgan fingerprint density at radius 1 is 1.22 bits per heavy atom.